The van der Waals surface area contributed by atoms with Gasteiger partial charge in [-0.3, -0.25) is 9.59 Å². The zero-order chi connectivity index (χ0) is 30.8. The molecule has 4 nitrogen and oxygen atoms in total. The molecule has 0 aromatic heterocycles. The van der Waals surface area contributed by atoms with Crippen LogP contribution in [0.5, 0.6) is 0 Å². The van der Waals surface area contributed by atoms with Gasteiger partial charge in [-0.25, -0.2) is 0 Å². The molecule has 0 heterocycles. The average Bonchev–Trinajstić information content (AvgIpc) is 2.97. The van der Waals surface area contributed by atoms with Crippen molar-refractivity contribution in [3.8, 4) is 0 Å². The third kappa shape index (κ3) is 33.4. The van der Waals surface area contributed by atoms with Crippen molar-refractivity contribution in [3.63, 3.8) is 0 Å². The van der Waals surface area contributed by atoms with Crippen LogP contribution in [0.4, 0.5) is 0 Å². The van der Waals surface area contributed by atoms with Gasteiger partial charge >= 0.3 is 11.9 Å². The van der Waals surface area contributed by atoms with Crippen LogP contribution in [0.15, 0.2) is 0 Å². The zero-order valence-corrected chi connectivity index (χ0v) is 28.6. The second kappa shape index (κ2) is 34.4. The summed E-state index contributed by atoms with van der Waals surface area (Å²) in [7, 11) is 0. The molecule has 0 aliphatic carbocycles. The number of aliphatic carboxylic acids is 1. The number of carboxylic acids is 1. The summed E-state index contributed by atoms with van der Waals surface area (Å²) in [4.78, 5) is 23.2. The van der Waals surface area contributed by atoms with E-state index in [-0.39, 0.29) is 12.1 Å². The molecule has 0 bridgehead atoms. The number of carbonyl (C=O) groups excluding carboxylic acids is 1. The number of carboxylic acid groups (broad SMARTS) is 1. The molecule has 1 unspecified atom stereocenters. The van der Waals surface area contributed by atoms with Crippen LogP contribution in [0.3, 0.4) is 0 Å². The minimum absolute atomic E-state index is 0.0241. The molecule has 0 rings (SSSR count). The predicted molar refractivity (Wildman–Crippen MR) is 181 cm³/mol. The molecule has 1 atom stereocenters. The lowest BCUT2D eigenvalue weighted by Gasteiger charge is -2.18. The SMILES string of the molecule is CCCCCCCCCCCCCCCCCC(=O)OC(CCCCCCCCC)CCCCCCCCCC(=O)O. The largest absolute Gasteiger partial charge is 0.481 e. The summed E-state index contributed by atoms with van der Waals surface area (Å²) in [6, 6.07) is 0. The first-order valence-corrected chi connectivity index (χ1v) is 19.0. The fourth-order valence-electron chi connectivity index (χ4n) is 6.01. The average molecular weight is 595 g/mol. The Morgan fingerprint density at radius 1 is 0.429 bits per heavy atom. The maximum Gasteiger partial charge on any atom is 0.306 e. The van der Waals surface area contributed by atoms with Crippen LogP contribution in [0, 0.1) is 0 Å². The summed E-state index contributed by atoms with van der Waals surface area (Å²) in [6.45, 7) is 4.55. The summed E-state index contributed by atoms with van der Waals surface area (Å²) in [5, 5.41) is 8.74. The first-order valence-electron chi connectivity index (χ1n) is 19.0. The van der Waals surface area contributed by atoms with E-state index in [0.29, 0.717) is 12.8 Å². The summed E-state index contributed by atoms with van der Waals surface area (Å²) < 4.78 is 6.00. The van der Waals surface area contributed by atoms with E-state index in [4.69, 9.17) is 9.84 Å². The van der Waals surface area contributed by atoms with Crippen LogP contribution in [0.1, 0.15) is 226 Å². The minimum atomic E-state index is -0.684. The van der Waals surface area contributed by atoms with Gasteiger partial charge in [0.15, 0.2) is 0 Å². The van der Waals surface area contributed by atoms with Crippen LogP contribution in [0.2, 0.25) is 0 Å². The van der Waals surface area contributed by atoms with E-state index in [2.05, 4.69) is 13.8 Å². The maximum absolute atomic E-state index is 12.6. The van der Waals surface area contributed by atoms with E-state index in [1.165, 1.54) is 148 Å². The van der Waals surface area contributed by atoms with E-state index in [0.717, 1.165) is 51.4 Å². The highest BCUT2D eigenvalue weighted by Crippen LogP contribution is 2.19. The van der Waals surface area contributed by atoms with Crippen molar-refractivity contribution in [3.05, 3.63) is 0 Å². The third-order valence-corrected chi connectivity index (χ3v) is 8.83. The second-order valence-electron chi connectivity index (χ2n) is 13.1. The van der Waals surface area contributed by atoms with Gasteiger partial charge < -0.3 is 9.84 Å². The van der Waals surface area contributed by atoms with Crippen LogP contribution < -0.4 is 0 Å². The van der Waals surface area contributed by atoms with Crippen LogP contribution >= 0.6 is 0 Å². The molecule has 1 N–H and O–H groups in total. The topological polar surface area (TPSA) is 63.6 Å². The van der Waals surface area contributed by atoms with Crippen molar-refractivity contribution in [2.75, 3.05) is 0 Å². The maximum atomic E-state index is 12.6. The van der Waals surface area contributed by atoms with Crippen LogP contribution in [0.25, 0.3) is 0 Å². The van der Waals surface area contributed by atoms with Gasteiger partial charge in [0, 0.05) is 12.8 Å². The Bertz CT molecular complexity index is 561. The molecule has 4 heteroatoms. The Hall–Kier alpha value is -1.06. The number of carbonyl (C=O) groups is 2. The molecule has 0 amide bonds. The highest BCUT2D eigenvalue weighted by atomic mass is 16.5. The smallest absolute Gasteiger partial charge is 0.306 e. The zero-order valence-electron chi connectivity index (χ0n) is 28.6. The van der Waals surface area contributed by atoms with Crippen molar-refractivity contribution in [1.29, 1.82) is 0 Å². The van der Waals surface area contributed by atoms with E-state index < -0.39 is 5.97 Å². The number of hydrogen-bond acceptors (Lipinski definition) is 3. The van der Waals surface area contributed by atoms with E-state index in [9.17, 15) is 9.59 Å². The molecule has 0 saturated carbocycles. The quantitative estimate of drug-likeness (QED) is 0.0585. The van der Waals surface area contributed by atoms with E-state index in [1.54, 1.807) is 0 Å². The van der Waals surface area contributed by atoms with Gasteiger partial charge in [-0.2, -0.15) is 0 Å². The Labute approximate surface area is 262 Å². The molecule has 0 spiro atoms. The van der Waals surface area contributed by atoms with Crippen molar-refractivity contribution in [1.82, 2.24) is 0 Å². The van der Waals surface area contributed by atoms with Gasteiger partial charge in [0.1, 0.15) is 6.10 Å². The van der Waals surface area contributed by atoms with Crippen molar-refractivity contribution in [2.24, 2.45) is 0 Å². The molecule has 0 radical (unpaired) electrons. The summed E-state index contributed by atoms with van der Waals surface area (Å²) >= 11 is 0. The molecule has 42 heavy (non-hydrogen) atoms. The van der Waals surface area contributed by atoms with Crippen molar-refractivity contribution < 1.29 is 19.4 Å². The Morgan fingerprint density at radius 3 is 1.05 bits per heavy atom. The molecular formula is C38H74O4. The normalized spacial score (nSPS) is 12.0. The summed E-state index contributed by atoms with van der Waals surface area (Å²) in [6.07, 6.45) is 39.8. The van der Waals surface area contributed by atoms with E-state index in [1.807, 2.05) is 0 Å². The number of esters is 1. The molecule has 0 aromatic carbocycles. The monoisotopic (exact) mass is 595 g/mol. The predicted octanol–water partition coefficient (Wildman–Crippen LogP) is 12.9. The number of hydrogen-bond donors (Lipinski definition) is 1. The highest BCUT2D eigenvalue weighted by molar-refractivity contribution is 5.69. The van der Waals surface area contributed by atoms with Crippen LogP contribution in [-0.2, 0) is 14.3 Å². The molecule has 0 aliphatic heterocycles. The fourth-order valence-corrected chi connectivity index (χ4v) is 6.01. The van der Waals surface area contributed by atoms with Gasteiger partial charge in [-0.1, -0.05) is 174 Å². The fraction of sp³-hybridized carbons (Fsp3) is 0.947. The molecule has 0 fully saturated rings. The minimum Gasteiger partial charge on any atom is -0.481 e. The van der Waals surface area contributed by atoms with Crippen molar-refractivity contribution >= 4 is 11.9 Å². The van der Waals surface area contributed by atoms with Crippen molar-refractivity contribution in [2.45, 2.75) is 232 Å². The first kappa shape index (κ1) is 40.9. The number of ether oxygens (including phenoxy) is 1. The lowest BCUT2D eigenvalue weighted by Crippen LogP contribution is -2.18. The van der Waals surface area contributed by atoms with Gasteiger partial charge in [0.05, 0.1) is 0 Å². The second-order valence-corrected chi connectivity index (χ2v) is 13.1. The standard InChI is InChI=1S/C38H74O4/c1-3-5-7-9-11-12-13-14-15-16-17-18-23-27-31-35-38(41)42-36(32-28-24-20-10-8-6-4-2)33-29-25-21-19-22-26-30-34-37(39)40/h36H,3-35H2,1-2H3,(H,39,40). The third-order valence-electron chi connectivity index (χ3n) is 8.83. The molecule has 0 saturated heterocycles. The Kier molecular flexibility index (Phi) is 33.6. The van der Waals surface area contributed by atoms with Gasteiger partial charge in [0.25, 0.3) is 0 Å². The Balaban J connectivity index is 3.92. The van der Waals surface area contributed by atoms with Gasteiger partial charge in [-0.05, 0) is 38.5 Å². The van der Waals surface area contributed by atoms with E-state index >= 15 is 0 Å². The molecule has 0 aliphatic rings. The molecular weight excluding hydrogens is 520 g/mol. The molecule has 250 valence electrons. The summed E-state index contributed by atoms with van der Waals surface area (Å²) in [5.74, 6) is -0.660. The lowest BCUT2D eigenvalue weighted by molar-refractivity contribution is -0.150. The number of rotatable bonds is 35. The van der Waals surface area contributed by atoms with Gasteiger partial charge in [0.2, 0.25) is 0 Å². The number of unbranched alkanes of at least 4 members (excludes halogenated alkanes) is 26. The molecule has 0 aromatic rings. The van der Waals surface area contributed by atoms with Gasteiger partial charge in [-0.15, -0.1) is 0 Å². The first-order chi connectivity index (χ1) is 20.6. The summed E-state index contributed by atoms with van der Waals surface area (Å²) in [5.41, 5.74) is 0. The highest BCUT2D eigenvalue weighted by Gasteiger charge is 2.14. The lowest BCUT2D eigenvalue weighted by atomic mass is 10.0. The Morgan fingerprint density at radius 2 is 0.714 bits per heavy atom. The van der Waals surface area contributed by atoms with Crippen LogP contribution in [-0.4, -0.2) is 23.1 Å².